The maximum atomic E-state index is 10.1. The van der Waals surface area contributed by atoms with Gasteiger partial charge in [-0.3, -0.25) is 0 Å². The molecule has 2 fully saturated rings. The van der Waals surface area contributed by atoms with Crippen LogP contribution in [0.1, 0.15) is 51.4 Å². The number of rotatable bonds is 2. The minimum Gasteiger partial charge on any atom is -0.396 e. The molecule has 0 heterocycles. The molecule has 2 rings (SSSR count). The minimum atomic E-state index is -0.0871. The Bertz CT molecular complexity index is 193. The summed E-state index contributed by atoms with van der Waals surface area (Å²) in [6.07, 6.45) is 9.51. The lowest BCUT2D eigenvalue weighted by atomic mass is 9.67. The third-order valence-corrected chi connectivity index (χ3v) is 4.53. The first-order valence-corrected chi connectivity index (χ1v) is 6.62. The summed E-state index contributed by atoms with van der Waals surface area (Å²) >= 11 is 0. The Morgan fingerprint density at radius 3 is 2.07 bits per heavy atom. The summed E-state index contributed by atoms with van der Waals surface area (Å²) < 4.78 is 0. The molecule has 0 saturated heterocycles. The zero-order valence-electron chi connectivity index (χ0n) is 9.57. The summed E-state index contributed by atoms with van der Waals surface area (Å²) in [5.74, 6) is 1.55. The minimum absolute atomic E-state index is 0.0871. The van der Waals surface area contributed by atoms with E-state index in [-0.39, 0.29) is 6.10 Å². The van der Waals surface area contributed by atoms with Crippen LogP contribution in [0.5, 0.6) is 0 Å². The molecule has 0 aromatic heterocycles. The van der Waals surface area contributed by atoms with E-state index in [2.05, 4.69) is 0 Å². The van der Waals surface area contributed by atoms with E-state index in [9.17, 15) is 10.2 Å². The maximum Gasteiger partial charge on any atom is 0.0571 e. The lowest BCUT2D eigenvalue weighted by Gasteiger charge is -2.40. The van der Waals surface area contributed by atoms with Crippen molar-refractivity contribution in [2.24, 2.45) is 17.8 Å². The molecule has 88 valence electrons. The van der Waals surface area contributed by atoms with Crippen molar-refractivity contribution < 1.29 is 10.2 Å². The quantitative estimate of drug-likeness (QED) is 0.737. The molecule has 0 radical (unpaired) electrons. The van der Waals surface area contributed by atoms with Gasteiger partial charge < -0.3 is 10.2 Å². The Hall–Kier alpha value is -0.0800. The molecule has 0 aromatic rings. The molecule has 2 nitrogen and oxygen atoms in total. The van der Waals surface area contributed by atoms with E-state index in [1.165, 1.54) is 44.9 Å². The van der Waals surface area contributed by atoms with Gasteiger partial charge in [-0.25, -0.2) is 0 Å². The Morgan fingerprint density at radius 2 is 1.40 bits per heavy atom. The van der Waals surface area contributed by atoms with Crippen molar-refractivity contribution in [2.45, 2.75) is 57.5 Å². The van der Waals surface area contributed by atoms with Crippen LogP contribution in [0.15, 0.2) is 0 Å². The van der Waals surface area contributed by atoms with E-state index in [0.29, 0.717) is 24.4 Å². The largest absolute Gasteiger partial charge is 0.396 e. The topological polar surface area (TPSA) is 40.5 Å². The van der Waals surface area contributed by atoms with Crippen molar-refractivity contribution in [3.8, 4) is 0 Å². The fourth-order valence-corrected chi connectivity index (χ4v) is 3.67. The van der Waals surface area contributed by atoms with Crippen LogP contribution in [0, 0.1) is 17.8 Å². The van der Waals surface area contributed by atoms with Crippen molar-refractivity contribution in [1.82, 2.24) is 0 Å². The van der Waals surface area contributed by atoms with Gasteiger partial charge in [0.05, 0.1) is 6.10 Å². The zero-order valence-corrected chi connectivity index (χ0v) is 9.57. The average Bonchev–Trinajstić information content (AvgIpc) is 2.30. The average molecular weight is 212 g/mol. The molecule has 0 aromatic carbocycles. The smallest absolute Gasteiger partial charge is 0.0571 e. The number of aliphatic hydroxyl groups excluding tert-OH is 2. The van der Waals surface area contributed by atoms with Gasteiger partial charge >= 0.3 is 0 Å². The summed E-state index contributed by atoms with van der Waals surface area (Å²) in [6.45, 7) is 0.327. The number of hydrogen-bond acceptors (Lipinski definition) is 2. The zero-order chi connectivity index (χ0) is 10.7. The van der Waals surface area contributed by atoms with Crippen molar-refractivity contribution >= 4 is 0 Å². The first-order valence-electron chi connectivity index (χ1n) is 6.62. The number of aliphatic hydroxyl groups is 2. The summed E-state index contributed by atoms with van der Waals surface area (Å²) in [7, 11) is 0. The van der Waals surface area contributed by atoms with E-state index in [1.54, 1.807) is 0 Å². The highest BCUT2D eigenvalue weighted by molar-refractivity contribution is 4.86. The van der Waals surface area contributed by atoms with Crippen molar-refractivity contribution in [1.29, 1.82) is 0 Å². The second-order valence-corrected chi connectivity index (χ2v) is 5.41. The molecular weight excluding hydrogens is 188 g/mol. The number of hydrogen-bond donors (Lipinski definition) is 2. The Kier molecular flexibility index (Phi) is 4.04. The lowest BCUT2D eigenvalue weighted by molar-refractivity contribution is -0.00769. The van der Waals surface area contributed by atoms with Gasteiger partial charge in [-0.1, -0.05) is 25.7 Å². The van der Waals surface area contributed by atoms with Crippen LogP contribution in [0.25, 0.3) is 0 Å². The molecule has 4 atom stereocenters. The molecule has 0 amide bonds. The molecule has 2 saturated carbocycles. The second kappa shape index (κ2) is 5.31. The Morgan fingerprint density at radius 1 is 0.800 bits per heavy atom. The summed E-state index contributed by atoms with van der Waals surface area (Å²) in [5, 5.41) is 19.4. The van der Waals surface area contributed by atoms with E-state index >= 15 is 0 Å². The fourth-order valence-electron chi connectivity index (χ4n) is 3.67. The monoisotopic (exact) mass is 212 g/mol. The highest BCUT2D eigenvalue weighted by Gasteiger charge is 2.36. The molecule has 2 heteroatoms. The lowest BCUT2D eigenvalue weighted by Crippen LogP contribution is -2.37. The Balaban J connectivity index is 1.99. The van der Waals surface area contributed by atoms with Crippen LogP contribution >= 0.6 is 0 Å². The van der Waals surface area contributed by atoms with Gasteiger partial charge in [-0.2, -0.15) is 0 Å². The van der Waals surface area contributed by atoms with Crippen LogP contribution in [0.4, 0.5) is 0 Å². The highest BCUT2D eigenvalue weighted by Crippen LogP contribution is 2.41. The van der Waals surface area contributed by atoms with Crippen molar-refractivity contribution in [3.05, 3.63) is 0 Å². The Labute approximate surface area is 92.7 Å². The second-order valence-electron chi connectivity index (χ2n) is 5.41. The van der Waals surface area contributed by atoms with Gasteiger partial charge in [-0.05, 0) is 43.4 Å². The van der Waals surface area contributed by atoms with E-state index in [4.69, 9.17) is 0 Å². The van der Waals surface area contributed by atoms with Gasteiger partial charge in [0.25, 0.3) is 0 Å². The predicted octanol–water partition coefficient (Wildman–Crippen LogP) is 2.34. The molecular formula is C13H24O2. The third kappa shape index (κ3) is 2.54. The molecule has 0 bridgehead atoms. The summed E-state index contributed by atoms with van der Waals surface area (Å²) in [4.78, 5) is 0. The summed E-state index contributed by atoms with van der Waals surface area (Å²) in [6, 6.07) is 0. The van der Waals surface area contributed by atoms with Gasteiger partial charge in [0.15, 0.2) is 0 Å². The van der Waals surface area contributed by atoms with Crippen LogP contribution < -0.4 is 0 Å². The highest BCUT2D eigenvalue weighted by atomic mass is 16.3. The molecule has 2 aliphatic rings. The van der Waals surface area contributed by atoms with E-state index < -0.39 is 0 Å². The molecule has 4 unspecified atom stereocenters. The molecule has 2 aliphatic carbocycles. The van der Waals surface area contributed by atoms with Crippen molar-refractivity contribution in [3.63, 3.8) is 0 Å². The van der Waals surface area contributed by atoms with E-state index in [0.717, 1.165) is 6.42 Å². The maximum absolute atomic E-state index is 10.1. The molecule has 0 aliphatic heterocycles. The molecule has 2 N–H and O–H groups in total. The van der Waals surface area contributed by atoms with Crippen LogP contribution in [-0.2, 0) is 0 Å². The molecule has 0 spiro atoms. The molecule has 15 heavy (non-hydrogen) atoms. The van der Waals surface area contributed by atoms with Gasteiger partial charge in [0.2, 0.25) is 0 Å². The van der Waals surface area contributed by atoms with E-state index in [1.807, 2.05) is 0 Å². The first-order chi connectivity index (χ1) is 7.33. The normalized spacial score (nSPS) is 42.8. The first kappa shape index (κ1) is 11.4. The van der Waals surface area contributed by atoms with Gasteiger partial charge in [0, 0.05) is 6.61 Å². The van der Waals surface area contributed by atoms with Crippen LogP contribution in [0.3, 0.4) is 0 Å². The van der Waals surface area contributed by atoms with Crippen LogP contribution in [0.2, 0.25) is 0 Å². The van der Waals surface area contributed by atoms with Gasteiger partial charge in [0.1, 0.15) is 0 Å². The third-order valence-electron chi connectivity index (χ3n) is 4.53. The standard InChI is InChI=1S/C13H24O2/c14-9-10-5-1-2-6-11(10)12-7-3-4-8-13(12)15/h10-15H,1-9H2. The van der Waals surface area contributed by atoms with Gasteiger partial charge in [-0.15, -0.1) is 0 Å². The van der Waals surface area contributed by atoms with Crippen molar-refractivity contribution in [2.75, 3.05) is 6.61 Å². The predicted molar refractivity (Wildman–Crippen MR) is 60.5 cm³/mol. The SMILES string of the molecule is OCC1CCCCC1C1CCCCC1O. The van der Waals surface area contributed by atoms with Crippen LogP contribution in [-0.4, -0.2) is 22.9 Å². The fraction of sp³-hybridized carbons (Fsp3) is 1.00. The summed E-state index contributed by atoms with van der Waals surface area (Å²) in [5.41, 5.74) is 0.